The van der Waals surface area contributed by atoms with Gasteiger partial charge >= 0.3 is 0 Å². The molecular weight excluding hydrogens is 300 g/mol. The zero-order chi connectivity index (χ0) is 14.8. The predicted molar refractivity (Wildman–Crippen MR) is 88.2 cm³/mol. The van der Waals surface area contributed by atoms with Gasteiger partial charge in [-0.25, -0.2) is 0 Å². The first kappa shape index (κ1) is 17.0. The summed E-state index contributed by atoms with van der Waals surface area (Å²) < 4.78 is 0. The van der Waals surface area contributed by atoms with Gasteiger partial charge in [0.25, 0.3) is 11.8 Å². The first-order chi connectivity index (χ1) is 10.2. The van der Waals surface area contributed by atoms with E-state index in [2.05, 4.69) is 0 Å². The summed E-state index contributed by atoms with van der Waals surface area (Å²) in [5, 5.41) is 0. The molecule has 5 heteroatoms. The van der Waals surface area contributed by atoms with Crippen molar-refractivity contribution in [3.8, 4) is 0 Å². The van der Waals surface area contributed by atoms with Gasteiger partial charge in [-0.3, -0.25) is 14.5 Å². The lowest BCUT2D eigenvalue weighted by atomic mass is 9.85. The molecule has 0 saturated heterocycles. The van der Waals surface area contributed by atoms with Crippen molar-refractivity contribution < 1.29 is 9.59 Å². The van der Waals surface area contributed by atoms with Crippen LogP contribution in [0.3, 0.4) is 0 Å². The van der Waals surface area contributed by atoms with Crippen LogP contribution >= 0.6 is 12.4 Å². The number of amides is 2. The number of benzene rings is 1. The van der Waals surface area contributed by atoms with Crippen LogP contribution in [0.2, 0.25) is 0 Å². The average Bonchev–Trinajstić information content (AvgIpc) is 2.74. The lowest BCUT2D eigenvalue weighted by Crippen LogP contribution is -2.41. The van der Waals surface area contributed by atoms with E-state index in [1.807, 2.05) is 0 Å². The number of fused-ring (bicyclic) bond motifs is 1. The fourth-order valence-corrected chi connectivity index (χ4v) is 3.56. The van der Waals surface area contributed by atoms with E-state index < -0.39 is 0 Å². The highest BCUT2D eigenvalue weighted by Crippen LogP contribution is 2.28. The number of rotatable bonds is 4. The first-order valence-electron chi connectivity index (χ1n) is 7.87. The van der Waals surface area contributed by atoms with Crippen molar-refractivity contribution >= 4 is 24.2 Å². The Balaban J connectivity index is 0.00000176. The minimum Gasteiger partial charge on any atom is -0.326 e. The Morgan fingerprint density at radius 2 is 1.59 bits per heavy atom. The summed E-state index contributed by atoms with van der Waals surface area (Å²) in [7, 11) is 0. The maximum Gasteiger partial charge on any atom is 0.261 e. The minimum atomic E-state index is -0.199. The average molecular weight is 323 g/mol. The van der Waals surface area contributed by atoms with E-state index in [-0.39, 0.29) is 30.3 Å². The van der Waals surface area contributed by atoms with Crippen molar-refractivity contribution in [1.82, 2.24) is 4.90 Å². The van der Waals surface area contributed by atoms with Gasteiger partial charge in [-0.15, -0.1) is 12.4 Å². The summed E-state index contributed by atoms with van der Waals surface area (Å²) in [6.07, 6.45) is 7.26. The Morgan fingerprint density at radius 3 is 2.14 bits per heavy atom. The second-order valence-electron chi connectivity index (χ2n) is 6.27. The van der Waals surface area contributed by atoms with Crippen molar-refractivity contribution in [3.63, 3.8) is 0 Å². The normalized spacial score (nSPS) is 19.8. The summed E-state index contributed by atoms with van der Waals surface area (Å²) in [4.78, 5) is 25.9. The summed E-state index contributed by atoms with van der Waals surface area (Å²) >= 11 is 0. The zero-order valence-electron chi connectivity index (χ0n) is 12.7. The highest BCUT2D eigenvalue weighted by Gasteiger charge is 2.36. The highest BCUT2D eigenvalue weighted by atomic mass is 35.5. The molecule has 1 atom stereocenters. The molecule has 0 spiro atoms. The van der Waals surface area contributed by atoms with Crippen LogP contribution in [0, 0.1) is 5.92 Å². The van der Waals surface area contributed by atoms with Gasteiger partial charge in [0.15, 0.2) is 0 Å². The van der Waals surface area contributed by atoms with E-state index in [0.29, 0.717) is 23.6 Å². The monoisotopic (exact) mass is 322 g/mol. The third kappa shape index (κ3) is 3.33. The molecule has 0 unspecified atom stereocenters. The summed E-state index contributed by atoms with van der Waals surface area (Å²) in [5.74, 6) is 0.258. The Kier molecular flexibility index (Phi) is 5.59. The molecule has 1 saturated carbocycles. The van der Waals surface area contributed by atoms with E-state index in [1.165, 1.54) is 37.0 Å². The number of imide groups is 1. The van der Waals surface area contributed by atoms with Gasteiger partial charge < -0.3 is 5.73 Å². The highest BCUT2D eigenvalue weighted by molar-refractivity contribution is 6.21. The third-order valence-electron chi connectivity index (χ3n) is 4.66. The molecule has 2 amide bonds. The summed E-state index contributed by atoms with van der Waals surface area (Å²) in [6, 6.07) is 6.88. The second-order valence-corrected chi connectivity index (χ2v) is 6.27. The lowest BCUT2D eigenvalue weighted by molar-refractivity contribution is 0.0639. The number of carbonyl (C=O) groups excluding carboxylic acids is 2. The molecule has 1 aliphatic heterocycles. The van der Waals surface area contributed by atoms with E-state index in [9.17, 15) is 9.59 Å². The maximum atomic E-state index is 12.3. The smallest absolute Gasteiger partial charge is 0.261 e. The van der Waals surface area contributed by atoms with Crippen molar-refractivity contribution in [2.24, 2.45) is 11.7 Å². The minimum absolute atomic E-state index is 0. The second kappa shape index (κ2) is 7.25. The molecule has 1 aliphatic carbocycles. The van der Waals surface area contributed by atoms with Gasteiger partial charge in [0.05, 0.1) is 11.1 Å². The molecule has 2 aliphatic rings. The van der Waals surface area contributed by atoms with E-state index in [1.54, 1.807) is 24.3 Å². The largest absolute Gasteiger partial charge is 0.326 e. The van der Waals surface area contributed by atoms with Gasteiger partial charge in [0.1, 0.15) is 0 Å². The van der Waals surface area contributed by atoms with E-state index in [4.69, 9.17) is 5.73 Å². The van der Waals surface area contributed by atoms with Crippen molar-refractivity contribution in [1.29, 1.82) is 0 Å². The molecule has 0 aromatic heterocycles. The molecule has 120 valence electrons. The summed E-state index contributed by atoms with van der Waals surface area (Å²) in [5.41, 5.74) is 7.21. The fraction of sp³-hybridized carbons (Fsp3) is 0.529. The molecule has 1 aromatic carbocycles. The van der Waals surface area contributed by atoms with Crippen LogP contribution < -0.4 is 5.73 Å². The van der Waals surface area contributed by atoms with Crippen molar-refractivity contribution in [2.75, 3.05) is 6.54 Å². The Bertz CT molecular complexity index is 520. The van der Waals surface area contributed by atoms with Crippen LogP contribution in [0.5, 0.6) is 0 Å². The van der Waals surface area contributed by atoms with Crippen molar-refractivity contribution in [3.05, 3.63) is 35.4 Å². The number of nitrogens with two attached hydrogens (primary N) is 1. The lowest BCUT2D eigenvalue weighted by Gasteiger charge is -2.26. The molecule has 0 radical (unpaired) electrons. The van der Waals surface area contributed by atoms with E-state index >= 15 is 0 Å². The van der Waals surface area contributed by atoms with Gasteiger partial charge in [-0.2, -0.15) is 0 Å². The molecule has 2 N–H and O–H groups in total. The van der Waals surface area contributed by atoms with Gasteiger partial charge in [-0.1, -0.05) is 44.2 Å². The summed E-state index contributed by atoms with van der Waals surface area (Å²) in [6.45, 7) is 0.336. The van der Waals surface area contributed by atoms with Crippen LogP contribution in [0.4, 0.5) is 0 Å². The van der Waals surface area contributed by atoms with Crippen LogP contribution in [0.1, 0.15) is 59.2 Å². The molecule has 1 heterocycles. The standard InChI is InChI=1S/C17H22N2O2.ClH/c18-13(10-12-6-2-1-3-7-12)11-19-16(20)14-8-4-5-9-15(14)17(19)21;/h4-5,8-9,12-13H,1-3,6-7,10-11,18H2;1H/t13-;/m0./s1. The molecular formula is C17H23ClN2O2. The predicted octanol–water partition coefficient (Wildman–Crippen LogP) is 3.00. The van der Waals surface area contributed by atoms with E-state index in [0.717, 1.165) is 6.42 Å². The number of hydrogen-bond donors (Lipinski definition) is 1. The topological polar surface area (TPSA) is 63.4 Å². The van der Waals surface area contributed by atoms with Crippen LogP contribution in [0.25, 0.3) is 0 Å². The number of carbonyl (C=O) groups is 2. The van der Waals surface area contributed by atoms with Gasteiger partial charge in [0, 0.05) is 12.6 Å². The first-order valence-corrected chi connectivity index (χ1v) is 7.87. The van der Waals surface area contributed by atoms with Crippen molar-refractivity contribution in [2.45, 2.75) is 44.6 Å². The molecule has 1 fully saturated rings. The third-order valence-corrected chi connectivity index (χ3v) is 4.66. The number of hydrogen-bond acceptors (Lipinski definition) is 3. The quantitative estimate of drug-likeness (QED) is 0.867. The zero-order valence-corrected chi connectivity index (χ0v) is 13.5. The number of halogens is 1. The fourth-order valence-electron chi connectivity index (χ4n) is 3.56. The Hall–Kier alpha value is -1.39. The van der Waals surface area contributed by atoms with Crippen LogP contribution in [-0.2, 0) is 0 Å². The molecule has 1 aromatic rings. The number of nitrogens with zero attached hydrogens (tertiary/aromatic N) is 1. The molecule has 22 heavy (non-hydrogen) atoms. The molecule has 3 rings (SSSR count). The van der Waals surface area contributed by atoms with Gasteiger partial charge in [0.2, 0.25) is 0 Å². The maximum absolute atomic E-state index is 12.3. The molecule has 4 nitrogen and oxygen atoms in total. The van der Waals surface area contributed by atoms with Crippen LogP contribution in [0.15, 0.2) is 24.3 Å². The Labute approximate surface area is 137 Å². The molecule has 0 bridgehead atoms. The van der Waals surface area contributed by atoms with Gasteiger partial charge in [-0.05, 0) is 24.5 Å². The SMILES string of the molecule is Cl.N[C@@H](CC1CCCCC1)CN1C(=O)c2ccccc2C1=O. The Morgan fingerprint density at radius 1 is 1.05 bits per heavy atom. The van der Waals surface area contributed by atoms with Crippen LogP contribution in [-0.4, -0.2) is 29.3 Å².